The number of thiophene rings is 2. The van der Waals surface area contributed by atoms with Gasteiger partial charge in [-0.05, 0) is 261 Å². The van der Waals surface area contributed by atoms with E-state index in [-0.39, 0.29) is 46.7 Å². The zero-order chi connectivity index (χ0) is 80.1. The van der Waals surface area contributed by atoms with Gasteiger partial charge < -0.3 is 20.2 Å². The molecule has 2 fully saturated rings. The number of rotatable bonds is 28. The fourth-order valence-corrected chi connectivity index (χ4v) is 34.5. The van der Waals surface area contributed by atoms with Crippen LogP contribution in [0.4, 0.5) is 0 Å². The maximum absolute atomic E-state index is 14.6. The monoisotopic (exact) mass is 1660 g/mol. The standard InChI is InChI=1S/2C50H58N2O3S3/c1-8-24(6)13-25(7)19-56-20-28(23(4)5)11-12-29-37-34(53)17-33-40-42(37)44-43-38-31(16-35(54)49(52-33)45(38)40)30(15-26-9-10-27(14-26)22(2)3)32-21-58(55)50-47(39(32)43)41-36(57-50)18-51-48(29)46(41)44;1-8-24(6)13-25(7)27-10-9-26(14-27)15-30-31-16-35(54)49-45-38(31)43-39-32(30)21-58(55)50-47(39)41-36(57-50)18-51-48-29(12-11-28(23(4)5)20-56-19-22(2)3)37-34(53)17-33(52-49)40(45)42(37)44(43)46(41)48/h2*17-18,22-28,30-31,52-53H,8-16,19-21H2,1-7H3. The first-order valence-electron chi connectivity index (χ1n) is 45.1. The highest BCUT2D eigenvalue weighted by Crippen LogP contribution is 2.63. The van der Waals surface area contributed by atoms with Crippen molar-refractivity contribution >= 4 is 219 Å². The molecule has 16 unspecified atom stereocenters. The first-order chi connectivity index (χ1) is 55.9. The van der Waals surface area contributed by atoms with E-state index in [0.717, 1.165) is 185 Å². The number of benzene rings is 8. The van der Waals surface area contributed by atoms with E-state index in [9.17, 15) is 28.2 Å². The molecule has 2 aliphatic heterocycles. The highest BCUT2D eigenvalue weighted by atomic mass is 32.2. The number of aryl methyl sites for hydroxylation is 2. The van der Waals surface area contributed by atoms with Gasteiger partial charge in [-0.15, -0.1) is 22.7 Å². The van der Waals surface area contributed by atoms with Gasteiger partial charge in [0.15, 0.2) is 11.6 Å². The molecule has 2 saturated carbocycles. The summed E-state index contributed by atoms with van der Waals surface area (Å²) in [6.45, 7) is 33.1. The molecule has 0 amide bonds. The van der Waals surface area contributed by atoms with Crippen molar-refractivity contribution in [2.75, 3.05) is 34.5 Å². The van der Waals surface area contributed by atoms with E-state index < -0.39 is 21.6 Å². The summed E-state index contributed by atoms with van der Waals surface area (Å²) in [4.78, 5) is 46.9. The number of nitrogens with zero attached hydrogens (tertiary/aromatic N) is 2. The summed E-state index contributed by atoms with van der Waals surface area (Å²) >= 11 is 7.57. The minimum absolute atomic E-state index is 0.0668. The molecule has 8 aromatic carbocycles. The van der Waals surface area contributed by atoms with Gasteiger partial charge in [-0.3, -0.25) is 28.0 Å². The second-order valence-electron chi connectivity index (χ2n) is 40.3. The Hall–Kier alpha value is -5.88. The summed E-state index contributed by atoms with van der Waals surface area (Å²) < 4.78 is 33.5. The second-order valence-corrected chi connectivity index (χ2v) is 47.9. The van der Waals surface area contributed by atoms with E-state index in [1.807, 2.05) is 12.1 Å². The van der Waals surface area contributed by atoms with Gasteiger partial charge in [0.25, 0.3) is 0 Å². The van der Waals surface area contributed by atoms with Crippen molar-refractivity contribution in [2.24, 2.45) is 94.7 Å². The lowest BCUT2D eigenvalue weighted by Gasteiger charge is -2.40. The van der Waals surface area contributed by atoms with Crippen LogP contribution in [-0.2, 0) is 34.4 Å². The Morgan fingerprint density at radius 2 is 0.948 bits per heavy atom. The summed E-state index contributed by atoms with van der Waals surface area (Å²) in [5.74, 6) is 16.5. The van der Waals surface area contributed by atoms with E-state index in [1.165, 1.54) is 162 Å². The number of H-pyrrole nitrogens is 2. The number of carbonyl (C=O) groups excluding carboxylic acids is 2. The minimum atomic E-state index is -1.15. The van der Waals surface area contributed by atoms with Crippen molar-refractivity contribution in [1.29, 1.82) is 0 Å². The molecule has 16 heteroatoms. The van der Waals surface area contributed by atoms with Gasteiger partial charge in [0.2, 0.25) is 0 Å². The van der Waals surface area contributed by atoms with Gasteiger partial charge in [0.05, 0.1) is 76.0 Å². The van der Waals surface area contributed by atoms with E-state index in [0.29, 0.717) is 77.6 Å². The Labute approximate surface area is 703 Å². The molecule has 0 spiro atoms. The lowest BCUT2D eigenvalue weighted by Crippen LogP contribution is -2.36. The zero-order valence-electron chi connectivity index (χ0n) is 70.5. The lowest BCUT2D eigenvalue weighted by atomic mass is 9.64. The minimum Gasteiger partial charge on any atom is -0.507 e. The average Bonchev–Trinajstić information content (AvgIpc) is 1.37. The Morgan fingerprint density at radius 3 is 1.40 bits per heavy atom. The van der Waals surface area contributed by atoms with Crippen LogP contribution < -0.4 is 10.4 Å². The van der Waals surface area contributed by atoms with Crippen molar-refractivity contribution < 1.29 is 28.2 Å². The molecule has 6 aliphatic carbocycles. The van der Waals surface area contributed by atoms with E-state index in [1.54, 1.807) is 22.7 Å². The topological polar surface area (TPSA) is 166 Å². The Balaban J connectivity index is 0.000000145. The van der Waals surface area contributed by atoms with E-state index in [4.69, 9.17) is 9.97 Å². The summed E-state index contributed by atoms with van der Waals surface area (Å²) in [5.41, 5.74) is 12.9. The highest BCUT2D eigenvalue weighted by molar-refractivity contribution is 7.99. The van der Waals surface area contributed by atoms with Crippen LogP contribution in [0.3, 0.4) is 0 Å². The zero-order valence-corrected chi connectivity index (χ0v) is 75.4. The number of hydrogen-bond donors (Lipinski definition) is 4. The van der Waals surface area contributed by atoms with Gasteiger partial charge in [-0.1, -0.05) is 123 Å². The molecule has 22 rings (SSSR count). The van der Waals surface area contributed by atoms with E-state index in [2.05, 4.69) is 143 Å². The SMILES string of the molecule is CCC(C)CC(C)C1CCC(CC2C3=c4c5c(sc6cnc7c(CCC(CSCC(C)C)C(C)C)c8c(O)cc9[nH]c%10c%11c(c4c(c7c65)c8c9%11)C2CC%10=O)S(=O)C3)C1.CCC(C)CC(C)CSCC(CCc1c2ncc3sc4c5c6c7c8c9c([nH]c%10cc(O)c1c(c%109)c7c2c35)C(=O)CC8C(CC1CCC(C(C)C)C1)C=6CS4=O)C(C)C. The normalized spacial score (nSPS) is 24.7. The molecule has 4 N–H and O–H groups in total. The van der Waals surface area contributed by atoms with Crippen LogP contribution in [0.1, 0.15) is 255 Å². The third-order valence-corrected chi connectivity index (χ3v) is 40.8. The number of nitrogens with one attached hydrogen (secondary N) is 2. The molecular formula is C100H116N4O6S6. The van der Waals surface area contributed by atoms with Crippen LogP contribution in [0, 0.1) is 94.7 Å². The molecular weight excluding hydrogens is 1550 g/mol. The largest absolute Gasteiger partial charge is 0.507 e. The number of Topliss-reactive ketones (excluding diaryl/α,β-unsaturated/α-hetero) is 2. The summed E-state index contributed by atoms with van der Waals surface area (Å²) in [6.07, 6.45) is 23.6. The highest BCUT2D eigenvalue weighted by Gasteiger charge is 2.50. The summed E-state index contributed by atoms with van der Waals surface area (Å²) in [7, 11) is -2.29. The Kier molecular flexibility index (Phi) is 19.3. The van der Waals surface area contributed by atoms with Gasteiger partial charge >= 0.3 is 0 Å². The van der Waals surface area contributed by atoms with Gasteiger partial charge in [-0.25, -0.2) is 0 Å². The number of aromatic nitrogens is 4. The number of hydrogen-bond acceptors (Lipinski definition) is 12. The maximum Gasteiger partial charge on any atom is 0.180 e. The predicted molar refractivity (Wildman–Crippen MR) is 496 cm³/mol. The summed E-state index contributed by atoms with van der Waals surface area (Å²) in [5, 5.41) is 48.0. The van der Waals surface area contributed by atoms with Crippen LogP contribution in [0.15, 0.2) is 32.9 Å². The number of pyridine rings is 2. The smallest absolute Gasteiger partial charge is 0.180 e. The van der Waals surface area contributed by atoms with Crippen molar-refractivity contribution in [3.63, 3.8) is 0 Å². The number of phenols is 2. The first kappa shape index (κ1) is 77.4. The number of carbonyl (C=O) groups is 2. The predicted octanol–water partition coefficient (Wildman–Crippen LogP) is 25.5. The van der Waals surface area contributed by atoms with Crippen LogP contribution in [-0.4, -0.2) is 84.7 Å². The number of thioether (sulfide) groups is 2. The molecule has 8 heterocycles. The quantitative estimate of drug-likeness (QED) is 0.0274. The molecule has 6 aromatic heterocycles. The van der Waals surface area contributed by atoms with Crippen molar-refractivity contribution in [1.82, 2.24) is 19.9 Å². The van der Waals surface area contributed by atoms with Crippen LogP contribution in [0.5, 0.6) is 11.5 Å². The molecule has 0 radical (unpaired) electrons. The lowest BCUT2D eigenvalue weighted by molar-refractivity contribution is 0.0951. The van der Waals surface area contributed by atoms with Crippen molar-refractivity contribution in [2.45, 2.75) is 233 Å². The molecule has 10 nitrogen and oxygen atoms in total. The third kappa shape index (κ3) is 11.5. The first-order valence-corrected chi connectivity index (χ1v) is 51.7. The van der Waals surface area contributed by atoms with Crippen LogP contribution in [0.25, 0.3) is 140 Å². The van der Waals surface area contributed by atoms with Crippen LogP contribution >= 0.6 is 46.2 Å². The Morgan fingerprint density at radius 1 is 0.500 bits per heavy atom. The second kappa shape index (κ2) is 28.9. The molecule has 8 aliphatic rings. The fourth-order valence-electron chi connectivity index (χ4n) is 25.7. The molecule has 608 valence electrons. The number of aromatic hydroxyl groups is 2. The molecule has 16 atom stereocenters. The van der Waals surface area contributed by atoms with E-state index >= 15 is 0 Å². The maximum atomic E-state index is 14.6. The van der Waals surface area contributed by atoms with Gasteiger partial charge in [0.1, 0.15) is 19.9 Å². The summed E-state index contributed by atoms with van der Waals surface area (Å²) in [6, 6.07) is 3.82. The van der Waals surface area contributed by atoms with Crippen LogP contribution in [0.2, 0.25) is 0 Å². The number of ketones is 2. The third-order valence-electron chi connectivity index (χ3n) is 31.9. The van der Waals surface area contributed by atoms with Gasteiger partial charge in [-0.2, -0.15) is 23.5 Å². The fraction of sp³-hybridized carbons (Fsp3) is 0.560. The number of phenolic OH excluding ortho intramolecular Hbond substituents is 2. The number of aromatic amines is 2. The van der Waals surface area contributed by atoms with Crippen molar-refractivity contribution in [3.8, 4) is 11.5 Å². The molecule has 0 bridgehead atoms. The molecule has 0 saturated heterocycles. The molecule has 14 aromatic rings. The van der Waals surface area contributed by atoms with Crippen molar-refractivity contribution in [3.05, 3.63) is 68.6 Å². The Bertz CT molecular complexity index is 6550. The molecule has 116 heavy (non-hydrogen) atoms. The van der Waals surface area contributed by atoms with Gasteiger partial charge in [0, 0.05) is 124 Å². The average molecular weight is 1660 g/mol.